The fourth-order valence-corrected chi connectivity index (χ4v) is 1.76. The van der Waals surface area contributed by atoms with Crippen LogP contribution in [0, 0.1) is 5.82 Å². The molecule has 1 heterocycles. The number of benzene rings is 1. The number of aromatic nitrogens is 1. The lowest BCUT2D eigenvalue weighted by Crippen LogP contribution is -1.92. The summed E-state index contributed by atoms with van der Waals surface area (Å²) in [6.45, 7) is 0. The Labute approximate surface area is 103 Å². The summed E-state index contributed by atoms with van der Waals surface area (Å²) in [5.74, 6) is -0.0675. The van der Waals surface area contributed by atoms with Gasteiger partial charge < -0.3 is 0 Å². The highest BCUT2D eigenvalue weighted by atomic mass is 35.5. The summed E-state index contributed by atoms with van der Waals surface area (Å²) >= 11 is 11.7. The zero-order valence-corrected chi connectivity index (χ0v) is 9.76. The average molecular weight is 256 g/mol. The molecule has 2 aromatic rings. The third kappa shape index (κ3) is 2.18. The molecule has 0 saturated carbocycles. The molecule has 1 aromatic heterocycles. The van der Waals surface area contributed by atoms with E-state index in [1.807, 2.05) is 0 Å². The van der Waals surface area contributed by atoms with Gasteiger partial charge in [0.15, 0.2) is 0 Å². The van der Waals surface area contributed by atoms with Gasteiger partial charge in [-0.05, 0) is 24.3 Å². The molecule has 0 fully saturated rings. The van der Waals surface area contributed by atoms with Crippen molar-refractivity contribution in [3.8, 4) is 11.3 Å². The van der Waals surface area contributed by atoms with Crippen molar-refractivity contribution in [2.45, 2.75) is 5.88 Å². The first-order chi connectivity index (χ1) is 7.72. The van der Waals surface area contributed by atoms with E-state index in [1.54, 1.807) is 30.3 Å². The van der Waals surface area contributed by atoms with Crippen LogP contribution in [0.1, 0.15) is 5.69 Å². The van der Waals surface area contributed by atoms with Crippen LogP contribution in [0.4, 0.5) is 4.39 Å². The van der Waals surface area contributed by atoms with Gasteiger partial charge >= 0.3 is 0 Å². The molecule has 0 aliphatic rings. The Morgan fingerprint density at radius 1 is 1.12 bits per heavy atom. The molecule has 0 unspecified atom stereocenters. The number of halogens is 3. The Bertz CT molecular complexity index is 514. The van der Waals surface area contributed by atoms with Crippen LogP contribution in [0.2, 0.25) is 5.02 Å². The molecular weight excluding hydrogens is 248 g/mol. The zero-order chi connectivity index (χ0) is 11.5. The van der Waals surface area contributed by atoms with Crippen molar-refractivity contribution in [2.75, 3.05) is 0 Å². The summed E-state index contributed by atoms with van der Waals surface area (Å²) in [7, 11) is 0. The molecule has 0 atom stereocenters. The number of hydrogen-bond acceptors (Lipinski definition) is 1. The van der Waals surface area contributed by atoms with Crippen molar-refractivity contribution >= 4 is 23.2 Å². The van der Waals surface area contributed by atoms with E-state index in [-0.39, 0.29) is 11.7 Å². The molecule has 0 aliphatic carbocycles. The van der Waals surface area contributed by atoms with Crippen LogP contribution in [-0.4, -0.2) is 4.98 Å². The van der Waals surface area contributed by atoms with Gasteiger partial charge in [0.05, 0.1) is 22.3 Å². The summed E-state index contributed by atoms with van der Waals surface area (Å²) in [5.41, 5.74) is 1.49. The van der Waals surface area contributed by atoms with Crippen LogP contribution in [0.25, 0.3) is 11.3 Å². The summed E-state index contributed by atoms with van der Waals surface area (Å²) in [5, 5.41) is 0.416. The average Bonchev–Trinajstić information content (AvgIpc) is 2.31. The van der Waals surface area contributed by atoms with Gasteiger partial charge in [-0.25, -0.2) is 9.37 Å². The largest absolute Gasteiger partial charge is 0.250 e. The highest BCUT2D eigenvalue weighted by Crippen LogP contribution is 2.28. The fraction of sp³-hybridized carbons (Fsp3) is 0.0833. The number of rotatable bonds is 2. The second-order valence-electron chi connectivity index (χ2n) is 3.25. The van der Waals surface area contributed by atoms with Crippen LogP contribution in [0.5, 0.6) is 0 Å². The van der Waals surface area contributed by atoms with Gasteiger partial charge in [0, 0.05) is 5.56 Å². The SMILES string of the molecule is Fc1ccccc1-c1nc(CCl)ccc1Cl. The molecule has 0 radical (unpaired) electrons. The molecule has 4 heteroatoms. The number of hydrogen-bond donors (Lipinski definition) is 0. The molecule has 0 N–H and O–H groups in total. The second-order valence-corrected chi connectivity index (χ2v) is 3.92. The van der Waals surface area contributed by atoms with Crippen LogP contribution < -0.4 is 0 Å². The summed E-state index contributed by atoms with van der Waals surface area (Å²) in [6, 6.07) is 9.78. The molecular formula is C12H8Cl2FN. The Morgan fingerprint density at radius 2 is 1.88 bits per heavy atom. The maximum atomic E-state index is 13.6. The van der Waals surface area contributed by atoms with Crippen LogP contribution in [0.3, 0.4) is 0 Å². The zero-order valence-electron chi connectivity index (χ0n) is 8.25. The minimum Gasteiger partial charge on any atom is -0.250 e. The van der Waals surface area contributed by atoms with Crippen molar-refractivity contribution in [2.24, 2.45) is 0 Å². The molecule has 2 rings (SSSR count). The molecule has 0 amide bonds. The van der Waals surface area contributed by atoms with Gasteiger partial charge in [-0.3, -0.25) is 0 Å². The van der Waals surface area contributed by atoms with Gasteiger partial charge in [-0.1, -0.05) is 23.7 Å². The van der Waals surface area contributed by atoms with Crippen molar-refractivity contribution in [1.29, 1.82) is 0 Å². The molecule has 0 spiro atoms. The summed E-state index contributed by atoms with van der Waals surface area (Å²) in [6.07, 6.45) is 0. The van der Waals surface area contributed by atoms with Crippen LogP contribution in [0.15, 0.2) is 36.4 Å². The van der Waals surface area contributed by atoms with E-state index < -0.39 is 0 Å². The predicted molar refractivity (Wildman–Crippen MR) is 64.2 cm³/mol. The number of alkyl halides is 1. The minimum absolute atomic E-state index is 0.276. The van der Waals surface area contributed by atoms with Crippen molar-refractivity contribution in [3.63, 3.8) is 0 Å². The molecule has 0 saturated heterocycles. The summed E-state index contributed by atoms with van der Waals surface area (Å²) in [4.78, 5) is 4.22. The molecule has 1 aromatic carbocycles. The van der Waals surface area contributed by atoms with E-state index in [0.717, 1.165) is 0 Å². The molecule has 0 aliphatic heterocycles. The highest BCUT2D eigenvalue weighted by Gasteiger charge is 2.10. The van der Waals surface area contributed by atoms with Gasteiger partial charge in [-0.15, -0.1) is 11.6 Å². The van der Waals surface area contributed by atoms with E-state index in [2.05, 4.69) is 4.98 Å². The monoisotopic (exact) mass is 255 g/mol. The predicted octanol–water partition coefficient (Wildman–Crippen LogP) is 4.28. The van der Waals surface area contributed by atoms with Crippen molar-refractivity contribution in [1.82, 2.24) is 4.98 Å². The second kappa shape index (κ2) is 4.81. The number of pyridine rings is 1. The Hall–Kier alpha value is -1.12. The maximum absolute atomic E-state index is 13.6. The van der Waals surface area contributed by atoms with Gasteiger partial charge in [0.25, 0.3) is 0 Å². The topological polar surface area (TPSA) is 12.9 Å². The quantitative estimate of drug-likeness (QED) is 0.731. The smallest absolute Gasteiger partial charge is 0.132 e. The first-order valence-corrected chi connectivity index (χ1v) is 5.60. The van der Waals surface area contributed by atoms with Crippen molar-refractivity contribution < 1.29 is 4.39 Å². The first kappa shape index (κ1) is 11.4. The number of nitrogens with zero attached hydrogens (tertiary/aromatic N) is 1. The van der Waals surface area contributed by atoms with E-state index >= 15 is 0 Å². The highest BCUT2D eigenvalue weighted by molar-refractivity contribution is 6.33. The third-order valence-corrected chi connectivity index (χ3v) is 2.75. The first-order valence-electron chi connectivity index (χ1n) is 4.68. The Balaban J connectivity index is 2.59. The molecule has 16 heavy (non-hydrogen) atoms. The standard InChI is InChI=1S/C12H8Cl2FN/c13-7-8-5-6-10(14)12(16-8)9-3-1-2-4-11(9)15/h1-6H,7H2. The maximum Gasteiger partial charge on any atom is 0.132 e. The third-order valence-electron chi connectivity index (χ3n) is 2.17. The Kier molecular flexibility index (Phi) is 3.42. The van der Waals surface area contributed by atoms with E-state index in [0.29, 0.717) is 22.0 Å². The van der Waals surface area contributed by atoms with E-state index in [1.165, 1.54) is 6.07 Å². The Morgan fingerprint density at radius 3 is 2.56 bits per heavy atom. The lowest BCUT2D eigenvalue weighted by molar-refractivity contribution is 0.630. The molecule has 82 valence electrons. The minimum atomic E-state index is -0.344. The molecule has 1 nitrogen and oxygen atoms in total. The van der Waals surface area contributed by atoms with E-state index in [4.69, 9.17) is 23.2 Å². The van der Waals surface area contributed by atoms with Gasteiger partial charge in [0.2, 0.25) is 0 Å². The van der Waals surface area contributed by atoms with E-state index in [9.17, 15) is 4.39 Å². The van der Waals surface area contributed by atoms with Gasteiger partial charge in [0.1, 0.15) is 5.82 Å². The van der Waals surface area contributed by atoms with Crippen LogP contribution in [-0.2, 0) is 5.88 Å². The normalized spacial score (nSPS) is 10.4. The lowest BCUT2D eigenvalue weighted by atomic mass is 10.1. The lowest BCUT2D eigenvalue weighted by Gasteiger charge is -2.06. The van der Waals surface area contributed by atoms with Gasteiger partial charge in [-0.2, -0.15) is 0 Å². The molecule has 0 bridgehead atoms. The van der Waals surface area contributed by atoms with Crippen LogP contribution >= 0.6 is 23.2 Å². The van der Waals surface area contributed by atoms with Crippen molar-refractivity contribution in [3.05, 3.63) is 52.9 Å². The summed E-state index contributed by atoms with van der Waals surface area (Å²) < 4.78 is 13.6. The fourth-order valence-electron chi connectivity index (χ4n) is 1.40.